The van der Waals surface area contributed by atoms with Crippen LogP contribution in [-0.2, 0) is 10.0 Å². The van der Waals surface area contributed by atoms with E-state index in [1.807, 2.05) is 13.0 Å². The Bertz CT molecular complexity index is 678. The Kier molecular flexibility index (Phi) is 3.72. The molecule has 1 aromatic heterocycles. The molecule has 1 aromatic rings. The number of hydrogen-bond donors (Lipinski definition) is 0. The second kappa shape index (κ2) is 5.31. The standard InChI is InChI=1S/C15H21N3O3S/c1-3-22(20,21)18-7-6-15(11-18)9-17(10-15)14(19)13-5-4-12(2)16-8-13/h4-5,8H,3,6-7,9-11H2,1-2H3. The molecule has 3 heterocycles. The predicted octanol–water partition coefficient (Wildman–Crippen LogP) is 0.888. The van der Waals surface area contributed by atoms with E-state index >= 15 is 0 Å². The van der Waals surface area contributed by atoms with Gasteiger partial charge in [-0.05, 0) is 32.4 Å². The number of amides is 1. The lowest BCUT2D eigenvalue weighted by Gasteiger charge is -2.48. The Morgan fingerprint density at radius 2 is 2.05 bits per heavy atom. The fraction of sp³-hybridized carbons (Fsp3) is 0.600. The van der Waals surface area contributed by atoms with Crippen molar-refractivity contribution in [3.63, 3.8) is 0 Å². The van der Waals surface area contributed by atoms with Crippen LogP contribution in [0.15, 0.2) is 18.3 Å². The lowest BCUT2D eigenvalue weighted by Crippen LogP contribution is -2.59. The summed E-state index contributed by atoms with van der Waals surface area (Å²) in [5, 5.41) is 0. The monoisotopic (exact) mass is 323 g/mol. The molecule has 3 rings (SSSR count). The van der Waals surface area contributed by atoms with E-state index in [9.17, 15) is 13.2 Å². The van der Waals surface area contributed by atoms with Crippen molar-refractivity contribution in [1.82, 2.24) is 14.2 Å². The quantitative estimate of drug-likeness (QED) is 0.828. The van der Waals surface area contributed by atoms with Crippen LogP contribution in [-0.4, -0.2) is 60.4 Å². The first-order valence-corrected chi connectivity index (χ1v) is 9.16. The Morgan fingerprint density at radius 3 is 2.64 bits per heavy atom. The van der Waals surface area contributed by atoms with E-state index in [2.05, 4.69) is 4.98 Å². The second-order valence-electron chi connectivity index (χ2n) is 6.33. The first kappa shape index (κ1) is 15.4. The molecule has 0 N–H and O–H groups in total. The number of pyridine rings is 1. The van der Waals surface area contributed by atoms with Crippen LogP contribution in [0.1, 0.15) is 29.4 Å². The van der Waals surface area contributed by atoms with Crippen molar-refractivity contribution >= 4 is 15.9 Å². The number of sulfonamides is 1. The number of likely N-dealkylation sites (tertiary alicyclic amines) is 1. The number of carbonyl (C=O) groups excluding carboxylic acids is 1. The molecule has 0 bridgehead atoms. The van der Waals surface area contributed by atoms with Crippen LogP contribution in [0.4, 0.5) is 0 Å². The molecule has 0 atom stereocenters. The minimum absolute atomic E-state index is 0.0186. The molecule has 6 nitrogen and oxygen atoms in total. The number of rotatable bonds is 3. The van der Waals surface area contributed by atoms with Crippen molar-refractivity contribution in [3.05, 3.63) is 29.6 Å². The maximum Gasteiger partial charge on any atom is 0.255 e. The third-order valence-corrected chi connectivity index (χ3v) is 6.49. The van der Waals surface area contributed by atoms with Gasteiger partial charge in [-0.15, -0.1) is 0 Å². The maximum absolute atomic E-state index is 12.4. The Morgan fingerprint density at radius 1 is 1.32 bits per heavy atom. The van der Waals surface area contributed by atoms with Crippen LogP contribution in [0.5, 0.6) is 0 Å². The largest absolute Gasteiger partial charge is 0.337 e. The van der Waals surface area contributed by atoms with Gasteiger partial charge in [0, 0.05) is 43.5 Å². The lowest BCUT2D eigenvalue weighted by molar-refractivity contribution is 0.0136. The third-order valence-electron chi connectivity index (χ3n) is 4.66. The van der Waals surface area contributed by atoms with Crippen LogP contribution in [0, 0.1) is 12.3 Å². The second-order valence-corrected chi connectivity index (χ2v) is 8.59. The Labute approximate surface area is 131 Å². The Balaban J connectivity index is 1.63. The van der Waals surface area contributed by atoms with E-state index in [0.29, 0.717) is 31.7 Å². The molecule has 0 saturated carbocycles. The van der Waals surface area contributed by atoms with Gasteiger partial charge >= 0.3 is 0 Å². The van der Waals surface area contributed by atoms with E-state index in [4.69, 9.17) is 0 Å². The van der Waals surface area contributed by atoms with Gasteiger partial charge in [-0.25, -0.2) is 12.7 Å². The summed E-state index contributed by atoms with van der Waals surface area (Å²) in [5.41, 5.74) is 1.43. The molecular formula is C15H21N3O3S. The average molecular weight is 323 g/mol. The summed E-state index contributed by atoms with van der Waals surface area (Å²) in [5.74, 6) is 0.121. The summed E-state index contributed by atoms with van der Waals surface area (Å²) in [4.78, 5) is 18.3. The highest BCUT2D eigenvalue weighted by Crippen LogP contribution is 2.41. The number of nitrogens with zero attached hydrogens (tertiary/aromatic N) is 3. The molecule has 120 valence electrons. The van der Waals surface area contributed by atoms with Gasteiger partial charge in [0.15, 0.2) is 0 Å². The molecule has 0 aliphatic carbocycles. The van der Waals surface area contributed by atoms with Crippen molar-refractivity contribution in [2.75, 3.05) is 31.9 Å². The number of hydrogen-bond acceptors (Lipinski definition) is 4. The number of aryl methyl sites for hydroxylation is 1. The molecule has 0 radical (unpaired) electrons. The molecule has 1 amide bonds. The van der Waals surface area contributed by atoms with Gasteiger partial charge in [-0.3, -0.25) is 9.78 Å². The van der Waals surface area contributed by atoms with Crippen molar-refractivity contribution in [1.29, 1.82) is 0 Å². The van der Waals surface area contributed by atoms with Crippen LogP contribution in [0.3, 0.4) is 0 Å². The molecule has 2 fully saturated rings. The maximum atomic E-state index is 12.4. The average Bonchev–Trinajstić information content (AvgIpc) is 2.92. The fourth-order valence-electron chi connectivity index (χ4n) is 3.26. The van der Waals surface area contributed by atoms with Crippen LogP contribution >= 0.6 is 0 Å². The van der Waals surface area contributed by atoms with Gasteiger partial charge in [0.2, 0.25) is 10.0 Å². The SMILES string of the molecule is CCS(=O)(=O)N1CCC2(CN(C(=O)c3ccc(C)nc3)C2)C1. The summed E-state index contributed by atoms with van der Waals surface area (Å²) in [6, 6.07) is 3.62. The zero-order chi connectivity index (χ0) is 16.0. The normalized spacial score (nSPS) is 21.1. The lowest BCUT2D eigenvalue weighted by atomic mass is 9.79. The van der Waals surface area contributed by atoms with E-state index in [0.717, 1.165) is 12.1 Å². The predicted molar refractivity (Wildman–Crippen MR) is 83.0 cm³/mol. The van der Waals surface area contributed by atoms with Crippen molar-refractivity contribution in [2.45, 2.75) is 20.3 Å². The summed E-state index contributed by atoms with van der Waals surface area (Å²) >= 11 is 0. The Hall–Kier alpha value is -1.47. The number of aromatic nitrogens is 1. The van der Waals surface area contributed by atoms with Crippen molar-refractivity contribution < 1.29 is 13.2 Å². The van der Waals surface area contributed by atoms with Gasteiger partial charge in [-0.1, -0.05) is 0 Å². The highest BCUT2D eigenvalue weighted by molar-refractivity contribution is 7.89. The highest BCUT2D eigenvalue weighted by Gasteiger charge is 2.51. The van der Waals surface area contributed by atoms with Crippen molar-refractivity contribution in [2.24, 2.45) is 5.41 Å². The van der Waals surface area contributed by atoms with Crippen LogP contribution in [0.2, 0.25) is 0 Å². The summed E-state index contributed by atoms with van der Waals surface area (Å²) in [6.45, 7) is 5.93. The van der Waals surface area contributed by atoms with Crippen LogP contribution in [0.25, 0.3) is 0 Å². The van der Waals surface area contributed by atoms with Gasteiger partial charge < -0.3 is 4.90 Å². The van der Waals surface area contributed by atoms with E-state index in [1.165, 1.54) is 0 Å². The molecule has 0 unspecified atom stereocenters. The first-order chi connectivity index (χ1) is 10.4. The van der Waals surface area contributed by atoms with Crippen LogP contribution < -0.4 is 0 Å². The topological polar surface area (TPSA) is 70.6 Å². The number of carbonyl (C=O) groups is 1. The van der Waals surface area contributed by atoms with E-state index < -0.39 is 10.0 Å². The van der Waals surface area contributed by atoms with Crippen molar-refractivity contribution in [3.8, 4) is 0 Å². The molecule has 2 saturated heterocycles. The smallest absolute Gasteiger partial charge is 0.255 e. The minimum Gasteiger partial charge on any atom is -0.337 e. The molecule has 0 aromatic carbocycles. The summed E-state index contributed by atoms with van der Waals surface area (Å²) in [7, 11) is -3.12. The first-order valence-electron chi connectivity index (χ1n) is 7.55. The van der Waals surface area contributed by atoms with Gasteiger partial charge in [-0.2, -0.15) is 0 Å². The molecule has 22 heavy (non-hydrogen) atoms. The molecular weight excluding hydrogens is 302 g/mol. The van der Waals surface area contributed by atoms with Gasteiger partial charge in [0.1, 0.15) is 0 Å². The molecule has 7 heteroatoms. The molecule has 2 aliphatic heterocycles. The third kappa shape index (κ3) is 2.63. The van der Waals surface area contributed by atoms with Gasteiger partial charge in [0.25, 0.3) is 5.91 Å². The van der Waals surface area contributed by atoms with Gasteiger partial charge in [0.05, 0.1) is 11.3 Å². The minimum atomic E-state index is -3.12. The summed E-state index contributed by atoms with van der Waals surface area (Å²) in [6.07, 6.45) is 2.44. The van der Waals surface area contributed by atoms with E-state index in [1.54, 1.807) is 28.4 Å². The fourth-order valence-corrected chi connectivity index (χ4v) is 4.46. The van der Waals surface area contributed by atoms with E-state index in [-0.39, 0.29) is 17.1 Å². The molecule has 1 spiro atoms. The highest BCUT2D eigenvalue weighted by atomic mass is 32.2. The molecule has 2 aliphatic rings. The zero-order valence-corrected chi connectivity index (χ0v) is 13.8. The zero-order valence-electron chi connectivity index (χ0n) is 12.9. The summed E-state index contributed by atoms with van der Waals surface area (Å²) < 4.78 is 25.4.